The van der Waals surface area contributed by atoms with Crippen molar-refractivity contribution in [3.8, 4) is 0 Å². The number of carbonyl (C=O) groups excluding carboxylic acids is 3. The summed E-state index contributed by atoms with van der Waals surface area (Å²) in [6.07, 6.45) is 38.1. The summed E-state index contributed by atoms with van der Waals surface area (Å²) in [5.74, 6) is -0.863. The predicted octanol–water partition coefficient (Wildman–Crippen LogP) is 13.3. The van der Waals surface area contributed by atoms with Crippen LogP contribution in [-0.2, 0) is 28.6 Å². The highest BCUT2D eigenvalue weighted by Gasteiger charge is 2.19. The van der Waals surface area contributed by atoms with Gasteiger partial charge in [-0.05, 0) is 19.3 Å². The van der Waals surface area contributed by atoms with Gasteiger partial charge in [0.15, 0.2) is 6.10 Å². The molecule has 6 nitrogen and oxygen atoms in total. The molecule has 0 aromatic rings. The molecule has 0 spiro atoms. The van der Waals surface area contributed by atoms with Crippen molar-refractivity contribution in [2.45, 2.75) is 245 Å². The fourth-order valence-electron chi connectivity index (χ4n) is 6.32. The molecule has 290 valence electrons. The zero-order valence-electron chi connectivity index (χ0n) is 33.0. The van der Waals surface area contributed by atoms with E-state index in [1.165, 1.54) is 141 Å². The Kier molecular flexibility index (Phi) is 37.9. The number of hydrogen-bond donors (Lipinski definition) is 0. The van der Waals surface area contributed by atoms with E-state index >= 15 is 0 Å². The van der Waals surface area contributed by atoms with Crippen LogP contribution in [0.25, 0.3) is 0 Å². The lowest BCUT2D eigenvalue weighted by atomic mass is 10.0. The molecule has 0 saturated carbocycles. The van der Waals surface area contributed by atoms with Crippen molar-refractivity contribution in [2.75, 3.05) is 13.2 Å². The standard InChI is InChI=1S/C43H82O6/c1-4-7-10-13-16-18-20-21-22-23-25-27-30-33-36-42(45)48-39-40(38-47-41(44)35-32-29-26-15-12-9-6-3)49-43(46)37-34-31-28-24-19-17-14-11-8-5-2/h40H,4-39H2,1-3H3/t40-/m1/s1. The van der Waals surface area contributed by atoms with E-state index in [1.807, 2.05) is 0 Å². The highest BCUT2D eigenvalue weighted by atomic mass is 16.6. The molecular weight excluding hydrogens is 612 g/mol. The molecule has 0 aliphatic heterocycles. The van der Waals surface area contributed by atoms with Gasteiger partial charge in [0.1, 0.15) is 13.2 Å². The molecule has 0 bridgehead atoms. The van der Waals surface area contributed by atoms with E-state index in [2.05, 4.69) is 20.8 Å². The fourth-order valence-corrected chi connectivity index (χ4v) is 6.32. The Balaban J connectivity index is 4.26. The van der Waals surface area contributed by atoms with Crippen molar-refractivity contribution in [2.24, 2.45) is 0 Å². The monoisotopic (exact) mass is 695 g/mol. The minimum absolute atomic E-state index is 0.0636. The lowest BCUT2D eigenvalue weighted by Crippen LogP contribution is -2.30. The highest BCUT2D eigenvalue weighted by molar-refractivity contribution is 5.71. The molecule has 0 aliphatic carbocycles. The second-order valence-corrected chi connectivity index (χ2v) is 14.6. The van der Waals surface area contributed by atoms with Crippen molar-refractivity contribution in [1.82, 2.24) is 0 Å². The summed E-state index contributed by atoms with van der Waals surface area (Å²) in [5, 5.41) is 0. The molecule has 1 atom stereocenters. The van der Waals surface area contributed by atoms with Gasteiger partial charge in [-0.2, -0.15) is 0 Å². The van der Waals surface area contributed by atoms with E-state index in [4.69, 9.17) is 14.2 Å². The van der Waals surface area contributed by atoms with Crippen LogP contribution in [0.5, 0.6) is 0 Å². The number of hydrogen-bond acceptors (Lipinski definition) is 6. The average molecular weight is 695 g/mol. The molecule has 0 heterocycles. The first-order chi connectivity index (χ1) is 24.0. The number of unbranched alkanes of at least 4 members (excludes halogenated alkanes) is 28. The Labute approximate surface area is 304 Å². The van der Waals surface area contributed by atoms with Gasteiger partial charge >= 0.3 is 17.9 Å². The lowest BCUT2D eigenvalue weighted by Gasteiger charge is -2.18. The first kappa shape index (κ1) is 47.4. The van der Waals surface area contributed by atoms with E-state index in [-0.39, 0.29) is 31.1 Å². The van der Waals surface area contributed by atoms with Crippen molar-refractivity contribution in [3.05, 3.63) is 0 Å². The maximum absolute atomic E-state index is 12.6. The molecule has 0 aromatic heterocycles. The van der Waals surface area contributed by atoms with E-state index in [9.17, 15) is 14.4 Å². The van der Waals surface area contributed by atoms with Gasteiger partial charge in [-0.15, -0.1) is 0 Å². The lowest BCUT2D eigenvalue weighted by molar-refractivity contribution is -0.167. The third-order valence-electron chi connectivity index (χ3n) is 9.61. The summed E-state index contributed by atoms with van der Waals surface area (Å²) < 4.78 is 16.6. The summed E-state index contributed by atoms with van der Waals surface area (Å²) in [6.45, 7) is 6.59. The summed E-state index contributed by atoms with van der Waals surface area (Å²) in [4.78, 5) is 37.4. The van der Waals surface area contributed by atoms with Crippen molar-refractivity contribution >= 4 is 17.9 Å². The summed E-state index contributed by atoms with van der Waals surface area (Å²) in [7, 11) is 0. The molecule has 0 N–H and O–H groups in total. The van der Waals surface area contributed by atoms with Gasteiger partial charge in [0, 0.05) is 19.3 Å². The molecule has 6 heteroatoms. The molecule has 0 radical (unpaired) electrons. The zero-order valence-corrected chi connectivity index (χ0v) is 33.0. The Bertz CT molecular complexity index is 723. The molecule has 0 aliphatic rings. The molecule has 0 fully saturated rings. The van der Waals surface area contributed by atoms with Crippen LogP contribution in [0.1, 0.15) is 239 Å². The van der Waals surface area contributed by atoms with Crippen molar-refractivity contribution in [3.63, 3.8) is 0 Å². The van der Waals surface area contributed by atoms with Gasteiger partial charge in [0.25, 0.3) is 0 Å². The van der Waals surface area contributed by atoms with Crippen molar-refractivity contribution in [1.29, 1.82) is 0 Å². The third kappa shape index (κ3) is 37.5. The number of rotatable bonds is 39. The van der Waals surface area contributed by atoms with Gasteiger partial charge in [0.05, 0.1) is 0 Å². The largest absolute Gasteiger partial charge is 0.462 e. The smallest absolute Gasteiger partial charge is 0.306 e. The van der Waals surface area contributed by atoms with E-state index in [0.29, 0.717) is 19.3 Å². The maximum Gasteiger partial charge on any atom is 0.306 e. The highest BCUT2D eigenvalue weighted by Crippen LogP contribution is 2.15. The van der Waals surface area contributed by atoms with Crippen LogP contribution >= 0.6 is 0 Å². The van der Waals surface area contributed by atoms with Crippen LogP contribution in [0.15, 0.2) is 0 Å². The second-order valence-electron chi connectivity index (χ2n) is 14.6. The second kappa shape index (κ2) is 39.2. The normalized spacial score (nSPS) is 11.8. The van der Waals surface area contributed by atoms with Gasteiger partial charge in [-0.25, -0.2) is 0 Å². The average Bonchev–Trinajstić information content (AvgIpc) is 3.10. The SMILES string of the molecule is CCCCCCCCCCCCCCCCC(=O)OC[C@@H](COC(=O)CCCCCCCCC)OC(=O)CCCCCCCCCCCC. The Morgan fingerprint density at radius 3 is 0.816 bits per heavy atom. The summed E-state index contributed by atoms with van der Waals surface area (Å²) in [5.41, 5.74) is 0. The van der Waals surface area contributed by atoms with E-state index in [1.54, 1.807) is 0 Å². The van der Waals surface area contributed by atoms with Crippen molar-refractivity contribution < 1.29 is 28.6 Å². The molecule has 0 amide bonds. The third-order valence-corrected chi connectivity index (χ3v) is 9.61. The minimum atomic E-state index is -0.756. The van der Waals surface area contributed by atoms with Crippen LogP contribution in [0.2, 0.25) is 0 Å². The molecule has 49 heavy (non-hydrogen) atoms. The number of carbonyl (C=O) groups is 3. The van der Waals surface area contributed by atoms with E-state index < -0.39 is 6.10 Å². The number of esters is 3. The van der Waals surface area contributed by atoms with Crippen LogP contribution in [0.4, 0.5) is 0 Å². The Morgan fingerprint density at radius 1 is 0.327 bits per heavy atom. The Morgan fingerprint density at radius 2 is 0.551 bits per heavy atom. The van der Waals surface area contributed by atoms with Crippen LogP contribution in [0.3, 0.4) is 0 Å². The number of ether oxygens (including phenoxy) is 3. The molecule has 0 aromatic carbocycles. The maximum atomic E-state index is 12.6. The quantitative estimate of drug-likeness (QED) is 0.0362. The Hall–Kier alpha value is -1.59. The fraction of sp³-hybridized carbons (Fsp3) is 0.930. The van der Waals surface area contributed by atoms with Gasteiger partial charge in [0.2, 0.25) is 0 Å². The summed E-state index contributed by atoms with van der Waals surface area (Å²) >= 11 is 0. The molecular formula is C43H82O6. The van der Waals surface area contributed by atoms with Crippen LogP contribution in [0, 0.1) is 0 Å². The summed E-state index contributed by atoms with van der Waals surface area (Å²) in [6, 6.07) is 0. The zero-order chi connectivity index (χ0) is 35.9. The van der Waals surface area contributed by atoms with E-state index in [0.717, 1.165) is 57.8 Å². The first-order valence-electron chi connectivity index (χ1n) is 21.5. The molecule has 0 saturated heterocycles. The topological polar surface area (TPSA) is 78.9 Å². The molecule has 0 rings (SSSR count). The predicted molar refractivity (Wildman–Crippen MR) is 206 cm³/mol. The first-order valence-corrected chi connectivity index (χ1v) is 21.5. The van der Waals surface area contributed by atoms with Gasteiger partial charge in [-0.1, -0.05) is 201 Å². The molecule has 0 unspecified atom stereocenters. The van der Waals surface area contributed by atoms with Crippen LogP contribution < -0.4 is 0 Å². The van der Waals surface area contributed by atoms with Gasteiger partial charge in [-0.3, -0.25) is 14.4 Å². The van der Waals surface area contributed by atoms with Gasteiger partial charge < -0.3 is 14.2 Å². The van der Waals surface area contributed by atoms with Crippen LogP contribution in [-0.4, -0.2) is 37.2 Å². The minimum Gasteiger partial charge on any atom is -0.462 e.